The van der Waals surface area contributed by atoms with Gasteiger partial charge in [-0.15, -0.1) is 0 Å². The van der Waals surface area contributed by atoms with E-state index in [2.05, 4.69) is 68.2 Å². The van der Waals surface area contributed by atoms with Crippen LogP contribution in [0, 0.1) is 17.3 Å². The number of carbonyl (C=O) groups is 1. The fraction of sp³-hybridized carbons (Fsp3) is 0.708. The Morgan fingerprint density at radius 2 is 1.68 bits per heavy atom. The molecule has 0 radical (unpaired) electrons. The average molecular weight is 387 g/mol. The minimum absolute atomic E-state index is 0.0772. The van der Waals surface area contributed by atoms with Crippen molar-refractivity contribution in [3.8, 4) is 0 Å². The summed E-state index contributed by atoms with van der Waals surface area (Å²) in [6.45, 7) is 12.5. The summed E-state index contributed by atoms with van der Waals surface area (Å²) in [4.78, 5) is 15.5. The Kier molecular flexibility index (Phi) is 7.16. The highest BCUT2D eigenvalue weighted by Gasteiger charge is 2.34. The van der Waals surface area contributed by atoms with Gasteiger partial charge in [0.1, 0.15) is 0 Å². The average Bonchev–Trinajstić information content (AvgIpc) is 2.69. The van der Waals surface area contributed by atoms with Crippen LogP contribution in [0.25, 0.3) is 0 Å². The molecule has 0 bridgehead atoms. The second-order valence-corrected chi connectivity index (χ2v) is 9.72. The highest BCUT2D eigenvalue weighted by molar-refractivity contribution is 5.79. The molecule has 1 aromatic rings. The van der Waals surface area contributed by atoms with Crippen LogP contribution in [0.5, 0.6) is 0 Å². The van der Waals surface area contributed by atoms with Crippen LogP contribution in [-0.2, 0) is 9.53 Å². The van der Waals surface area contributed by atoms with Gasteiger partial charge in [0.2, 0.25) is 5.91 Å². The lowest BCUT2D eigenvalue weighted by atomic mass is 9.69. The van der Waals surface area contributed by atoms with Crippen LogP contribution in [0.2, 0.25) is 0 Å². The number of hydrogen-bond donors (Lipinski definition) is 1. The number of nitrogens with one attached hydrogen (secondary N) is 1. The van der Waals surface area contributed by atoms with E-state index >= 15 is 0 Å². The molecule has 2 atom stereocenters. The molecule has 0 aromatic heterocycles. The summed E-state index contributed by atoms with van der Waals surface area (Å²) < 4.78 is 5.55. The van der Waals surface area contributed by atoms with Crippen molar-refractivity contribution in [1.82, 2.24) is 10.2 Å². The van der Waals surface area contributed by atoms with Gasteiger partial charge < -0.3 is 10.1 Å². The molecule has 28 heavy (non-hydrogen) atoms. The number of hydrogen-bond acceptors (Lipinski definition) is 3. The smallest absolute Gasteiger partial charge is 0.223 e. The lowest BCUT2D eigenvalue weighted by molar-refractivity contribution is -0.127. The third kappa shape index (κ3) is 5.36. The SMILES string of the molecule is C[C@H](NC(=O)C1CCC(C(C)(C)C)CC1)[C@@H](c1ccccc1)N1CCOCC1. The molecule has 1 heterocycles. The molecule has 1 saturated heterocycles. The molecule has 1 aromatic carbocycles. The number of benzene rings is 1. The summed E-state index contributed by atoms with van der Waals surface area (Å²) in [5, 5.41) is 3.38. The second-order valence-electron chi connectivity index (χ2n) is 9.72. The molecule has 1 saturated carbocycles. The zero-order valence-corrected chi connectivity index (χ0v) is 18.1. The number of amides is 1. The van der Waals surface area contributed by atoms with Gasteiger partial charge in [-0.1, -0.05) is 51.1 Å². The van der Waals surface area contributed by atoms with Gasteiger partial charge in [0.05, 0.1) is 19.3 Å². The fourth-order valence-corrected chi connectivity index (χ4v) is 4.96. The summed E-state index contributed by atoms with van der Waals surface area (Å²) >= 11 is 0. The van der Waals surface area contributed by atoms with Crippen molar-refractivity contribution in [3.05, 3.63) is 35.9 Å². The maximum atomic E-state index is 13.0. The summed E-state index contributed by atoms with van der Waals surface area (Å²) in [5.74, 6) is 1.15. The van der Waals surface area contributed by atoms with E-state index in [1.165, 1.54) is 18.4 Å². The highest BCUT2D eigenvalue weighted by Crippen LogP contribution is 2.40. The van der Waals surface area contributed by atoms with E-state index in [4.69, 9.17) is 4.74 Å². The summed E-state index contributed by atoms with van der Waals surface area (Å²) in [7, 11) is 0. The predicted octanol–water partition coefficient (Wildman–Crippen LogP) is 4.42. The molecule has 0 spiro atoms. The lowest BCUT2D eigenvalue weighted by Gasteiger charge is -2.40. The van der Waals surface area contributed by atoms with Crippen molar-refractivity contribution in [2.45, 2.75) is 65.5 Å². The molecule has 1 N–H and O–H groups in total. The largest absolute Gasteiger partial charge is 0.379 e. The lowest BCUT2D eigenvalue weighted by Crippen LogP contribution is -2.49. The zero-order chi connectivity index (χ0) is 20.1. The molecule has 3 rings (SSSR count). The molecule has 2 aliphatic rings. The second kappa shape index (κ2) is 9.41. The molecule has 4 heteroatoms. The Bertz CT molecular complexity index is 611. The van der Waals surface area contributed by atoms with Crippen molar-refractivity contribution < 1.29 is 9.53 Å². The van der Waals surface area contributed by atoms with Gasteiger partial charge in [-0.05, 0) is 49.5 Å². The minimum atomic E-state index is 0.0772. The first kappa shape index (κ1) is 21.3. The maximum absolute atomic E-state index is 13.0. The van der Waals surface area contributed by atoms with Gasteiger partial charge in [0.25, 0.3) is 0 Å². The summed E-state index contributed by atoms with van der Waals surface area (Å²) in [6.07, 6.45) is 4.38. The molecule has 4 nitrogen and oxygen atoms in total. The van der Waals surface area contributed by atoms with E-state index in [0.29, 0.717) is 5.41 Å². The first-order valence-corrected chi connectivity index (χ1v) is 11.0. The number of morpholine rings is 1. The van der Waals surface area contributed by atoms with E-state index < -0.39 is 0 Å². The van der Waals surface area contributed by atoms with Gasteiger partial charge >= 0.3 is 0 Å². The van der Waals surface area contributed by atoms with Crippen molar-refractivity contribution in [3.63, 3.8) is 0 Å². The van der Waals surface area contributed by atoms with Gasteiger partial charge in [-0.2, -0.15) is 0 Å². The third-order valence-electron chi connectivity index (χ3n) is 6.75. The molecular weight excluding hydrogens is 348 g/mol. The van der Waals surface area contributed by atoms with Crippen molar-refractivity contribution in [2.75, 3.05) is 26.3 Å². The van der Waals surface area contributed by atoms with Crippen LogP contribution in [0.1, 0.15) is 65.0 Å². The predicted molar refractivity (Wildman–Crippen MR) is 114 cm³/mol. The monoisotopic (exact) mass is 386 g/mol. The molecule has 156 valence electrons. The minimum Gasteiger partial charge on any atom is -0.379 e. The number of carbonyl (C=O) groups excluding carboxylic acids is 1. The Morgan fingerprint density at radius 1 is 1.07 bits per heavy atom. The van der Waals surface area contributed by atoms with Crippen LogP contribution < -0.4 is 5.32 Å². The topological polar surface area (TPSA) is 41.6 Å². The van der Waals surface area contributed by atoms with Crippen LogP contribution in [0.15, 0.2) is 30.3 Å². The van der Waals surface area contributed by atoms with Crippen molar-refractivity contribution in [2.24, 2.45) is 17.3 Å². The molecule has 2 fully saturated rings. The molecule has 0 unspecified atom stereocenters. The van der Waals surface area contributed by atoms with E-state index in [-0.39, 0.29) is 23.9 Å². The van der Waals surface area contributed by atoms with Gasteiger partial charge in [0.15, 0.2) is 0 Å². The van der Waals surface area contributed by atoms with Crippen LogP contribution in [0.3, 0.4) is 0 Å². The van der Waals surface area contributed by atoms with E-state index in [1.807, 2.05) is 0 Å². The first-order chi connectivity index (χ1) is 13.4. The molecule has 1 aliphatic heterocycles. The Morgan fingerprint density at radius 3 is 2.25 bits per heavy atom. The standard InChI is InChI=1S/C24H38N2O2/c1-18(25-23(27)20-10-12-21(13-11-20)24(2,3)4)22(19-8-6-5-7-9-19)26-14-16-28-17-15-26/h5-9,18,20-22H,10-17H2,1-4H3,(H,25,27)/t18-,20?,21?,22-/m0/s1. The van der Waals surface area contributed by atoms with Crippen LogP contribution in [0.4, 0.5) is 0 Å². The van der Waals surface area contributed by atoms with E-state index in [1.54, 1.807) is 0 Å². The quantitative estimate of drug-likeness (QED) is 0.815. The summed E-state index contributed by atoms with van der Waals surface area (Å²) in [5.41, 5.74) is 1.62. The molecule has 1 amide bonds. The molecular formula is C24H38N2O2. The number of rotatable bonds is 5. The third-order valence-corrected chi connectivity index (χ3v) is 6.75. The Hall–Kier alpha value is -1.39. The Labute approximate surface area is 171 Å². The zero-order valence-electron chi connectivity index (χ0n) is 18.1. The number of ether oxygens (including phenoxy) is 1. The Balaban J connectivity index is 1.63. The van der Waals surface area contributed by atoms with Crippen LogP contribution in [-0.4, -0.2) is 43.2 Å². The highest BCUT2D eigenvalue weighted by atomic mass is 16.5. The number of nitrogens with zero attached hydrogens (tertiary/aromatic N) is 1. The van der Waals surface area contributed by atoms with E-state index in [9.17, 15) is 4.79 Å². The molecule has 1 aliphatic carbocycles. The van der Waals surface area contributed by atoms with Gasteiger partial charge in [-0.25, -0.2) is 0 Å². The van der Waals surface area contributed by atoms with Gasteiger partial charge in [0, 0.05) is 25.0 Å². The maximum Gasteiger partial charge on any atom is 0.223 e. The first-order valence-electron chi connectivity index (χ1n) is 11.0. The normalized spacial score (nSPS) is 26.4. The van der Waals surface area contributed by atoms with Crippen molar-refractivity contribution in [1.29, 1.82) is 0 Å². The van der Waals surface area contributed by atoms with Crippen LogP contribution >= 0.6 is 0 Å². The fourth-order valence-electron chi connectivity index (χ4n) is 4.96. The van der Waals surface area contributed by atoms with Gasteiger partial charge in [-0.3, -0.25) is 9.69 Å². The summed E-state index contributed by atoms with van der Waals surface area (Å²) in [6, 6.07) is 10.9. The van der Waals surface area contributed by atoms with Crippen molar-refractivity contribution >= 4 is 5.91 Å². The van der Waals surface area contributed by atoms with E-state index in [0.717, 1.165) is 45.1 Å².